The Morgan fingerprint density at radius 3 is 2.52 bits per heavy atom. The lowest BCUT2D eigenvalue weighted by atomic mass is 10.1. The molecule has 2 N–H and O–H groups in total. The summed E-state index contributed by atoms with van der Waals surface area (Å²) in [5.41, 5.74) is 2.66. The van der Waals surface area contributed by atoms with E-state index in [2.05, 4.69) is 10.0 Å². The van der Waals surface area contributed by atoms with Crippen LogP contribution in [0.2, 0.25) is 0 Å². The Balaban J connectivity index is 1.55. The van der Waals surface area contributed by atoms with Crippen LogP contribution in [0, 0.1) is 6.92 Å². The number of rotatable bonds is 8. The lowest BCUT2D eigenvalue weighted by molar-refractivity contribution is -0.116. The number of amides is 1. The van der Waals surface area contributed by atoms with Gasteiger partial charge in [0.1, 0.15) is 11.3 Å². The van der Waals surface area contributed by atoms with E-state index in [1.165, 1.54) is 6.08 Å². The molecule has 29 heavy (non-hydrogen) atoms. The van der Waals surface area contributed by atoms with Crippen molar-refractivity contribution in [3.05, 3.63) is 71.5 Å². The highest BCUT2D eigenvalue weighted by atomic mass is 32.2. The summed E-state index contributed by atoms with van der Waals surface area (Å²) in [6.07, 6.45) is 3.89. The van der Waals surface area contributed by atoms with E-state index in [0.717, 1.165) is 34.3 Å². The Morgan fingerprint density at radius 2 is 1.79 bits per heavy atom. The molecule has 0 spiro atoms. The van der Waals surface area contributed by atoms with Crippen LogP contribution in [0.3, 0.4) is 0 Å². The van der Waals surface area contributed by atoms with Gasteiger partial charge in [-0.1, -0.05) is 42.8 Å². The lowest BCUT2D eigenvalue weighted by Gasteiger charge is -2.07. The van der Waals surface area contributed by atoms with Crippen molar-refractivity contribution >= 4 is 33.0 Å². The predicted molar refractivity (Wildman–Crippen MR) is 114 cm³/mol. The Bertz CT molecular complexity index is 1130. The summed E-state index contributed by atoms with van der Waals surface area (Å²) in [6.45, 7) is 4.17. The van der Waals surface area contributed by atoms with Crippen molar-refractivity contribution in [2.75, 3.05) is 13.1 Å². The molecular formula is C22H24N2O4S. The van der Waals surface area contributed by atoms with Crippen molar-refractivity contribution < 1.29 is 17.6 Å². The van der Waals surface area contributed by atoms with Crippen LogP contribution in [-0.4, -0.2) is 27.4 Å². The molecule has 0 bridgehead atoms. The van der Waals surface area contributed by atoms with Gasteiger partial charge < -0.3 is 9.73 Å². The Morgan fingerprint density at radius 1 is 1.07 bits per heavy atom. The summed E-state index contributed by atoms with van der Waals surface area (Å²) >= 11 is 0. The van der Waals surface area contributed by atoms with Crippen molar-refractivity contribution in [2.45, 2.75) is 25.2 Å². The van der Waals surface area contributed by atoms with Crippen LogP contribution in [0.25, 0.3) is 17.0 Å². The number of nitrogens with one attached hydrogen (secondary N) is 2. The molecule has 152 valence electrons. The molecule has 0 aliphatic rings. The van der Waals surface area contributed by atoms with Crippen molar-refractivity contribution in [2.24, 2.45) is 0 Å². The summed E-state index contributed by atoms with van der Waals surface area (Å²) in [4.78, 5) is 12.3. The second-order valence-corrected chi connectivity index (χ2v) is 8.39. The Hall–Kier alpha value is -2.90. The fraction of sp³-hybridized carbons (Fsp3) is 0.227. The minimum Gasteiger partial charge on any atom is -0.460 e. The number of furan rings is 1. The molecule has 1 amide bonds. The molecule has 0 unspecified atom stereocenters. The van der Waals surface area contributed by atoms with Gasteiger partial charge in [0.15, 0.2) is 0 Å². The molecule has 0 atom stereocenters. The molecule has 1 aromatic heterocycles. The zero-order valence-corrected chi connectivity index (χ0v) is 17.3. The molecule has 2 aromatic carbocycles. The highest BCUT2D eigenvalue weighted by Gasteiger charge is 2.13. The van der Waals surface area contributed by atoms with Crippen molar-refractivity contribution in [3.63, 3.8) is 0 Å². The van der Waals surface area contributed by atoms with Crippen molar-refractivity contribution in [3.8, 4) is 0 Å². The standard InChI is InChI=1S/C22H24N2O4S/c1-3-20-19(18-6-4-5-7-21(18)28-20)12-13-22(25)23-14-15-24-29(26,27)17-10-8-16(2)9-11-17/h4-13,24H,3,14-15H2,1-2H3,(H,23,25)/b13-12+. The highest BCUT2D eigenvalue weighted by molar-refractivity contribution is 7.89. The zero-order chi connectivity index (χ0) is 20.9. The SMILES string of the molecule is CCc1oc2ccccc2c1/C=C/C(=O)NCCNS(=O)(=O)c1ccc(C)cc1. The average Bonchev–Trinajstić information content (AvgIpc) is 3.08. The van der Waals surface area contributed by atoms with Crippen LogP contribution in [0.4, 0.5) is 0 Å². The molecule has 0 saturated carbocycles. The summed E-state index contributed by atoms with van der Waals surface area (Å²) in [6, 6.07) is 14.3. The number of carbonyl (C=O) groups excluding carboxylic acids is 1. The number of hydrogen-bond donors (Lipinski definition) is 2. The van der Waals surface area contributed by atoms with Gasteiger partial charge in [-0.3, -0.25) is 4.79 Å². The van der Waals surface area contributed by atoms with E-state index < -0.39 is 10.0 Å². The number of aryl methyl sites for hydroxylation is 2. The van der Waals surface area contributed by atoms with E-state index in [0.29, 0.717) is 0 Å². The van der Waals surface area contributed by atoms with Gasteiger partial charge in [-0.25, -0.2) is 13.1 Å². The number of carbonyl (C=O) groups is 1. The Kier molecular flexibility index (Phi) is 6.51. The summed E-state index contributed by atoms with van der Waals surface area (Å²) in [7, 11) is -3.59. The third-order valence-corrected chi connectivity index (χ3v) is 5.96. The van der Waals surface area contributed by atoms with Gasteiger partial charge in [0.25, 0.3) is 0 Å². The molecule has 3 aromatic rings. The summed E-state index contributed by atoms with van der Waals surface area (Å²) in [5.74, 6) is 0.521. The fourth-order valence-corrected chi connectivity index (χ4v) is 3.98. The molecular weight excluding hydrogens is 388 g/mol. The smallest absolute Gasteiger partial charge is 0.244 e. The quantitative estimate of drug-likeness (QED) is 0.438. The van der Waals surface area contributed by atoms with E-state index in [9.17, 15) is 13.2 Å². The predicted octanol–water partition coefficient (Wildman–Crippen LogP) is 3.41. The molecule has 0 saturated heterocycles. The lowest BCUT2D eigenvalue weighted by Crippen LogP contribution is -2.34. The monoisotopic (exact) mass is 412 g/mol. The van der Waals surface area contributed by atoms with Gasteiger partial charge in [-0.15, -0.1) is 0 Å². The van der Waals surface area contributed by atoms with E-state index in [1.54, 1.807) is 30.3 Å². The van der Waals surface area contributed by atoms with Gasteiger partial charge in [-0.2, -0.15) is 0 Å². The number of sulfonamides is 1. The Labute approximate surface area is 170 Å². The maximum absolute atomic E-state index is 12.2. The maximum atomic E-state index is 12.2. The minimum absolute atomic E-state index is 0.102. The van der Waals surface area contributed by atoms with Crippen LogP contribution in [0.1, 0.15) is 23.8 Å². The second kappa shape index (κ2) is 9.07. The van der Waals surface area contributed by atoms with E-state index in [4.69, 9.17) is 4.42 Å². The van der Waals surface area contributed by atoms with Crippen molar-refractivity contribution in [1.29, 1.82) is 0 Å². The number of fused-ring (bicyclic) bond motifs is 1. The molecule has 0 fully saturated rings. The molecule has 1 heterocycles. The zero-order valence-electron chi connectivity index (χ0n) is 16.4. The highest BCUT2D eigenvalue weighted by Crippen LogP contribution is 2.27. The number of para-hydroxylation sites is 1. The van der Waals surface area contributed by atoms with E-state index >= 15 is 0 Å². The maximum Gasteiger partial charge on any atom is 0.244 e. The van der Waals surface area contributed by atoms with Crippen LogP contribution >= 0.6 is 0 Å². The molecule has 0 aliphatic carbocycles. The van der Waals surface area contributed by atoms with Crippen LogP contribution < -0.4 is 10.0 Å². The first kappa shape index (κ1) is 20.8. The summed E-state index contributed by atoms with van der Waals surface area (Å²) in [5, 5.41) is 3.64. The molecule has 0 radical (unpaired) electrons. The van der Waals surface area contributed by atoms with Gasteiger partial charge >= 0.3 is 0 Å². The third kappa shape index (κ3) is 5.13. The van der Waals surface area contributed by atoms with Gasteiger partial charge in [0, 0.05) is 36.5 Å². The van der Waals surface area contributed by atoms with Gasteiger partial charge in [-0.05, 0) is 31.2 Å². The van der Waals surface area contributed by atoms with Gasteiger partial charge in [0.2, 0.25) is 15.9 Å². The molecule has 3 rings (SSSR count). The van der Waals surface area contributed by atoms with Crippen molar-refractivity contribution in [1.82, 2.24) is 10.0 Å². The first-order valence-electron chi connectivity index (χ1n) is 9.43. The first-order valence-corrected chi connectivity index (χ1v) is 10.9. The van der Waals surface area contributed by atoms with Crippen LogP contribution in [-0.2, 0) is 21.2 Å². The topological polar surface area (TPSA) is 88.4 Å². The third-order valence-electron chi connectivity index (χ3n) is 4.48. The second-order valence-electron chi connectivity index (χ2n) is 6.62. The number of benzene rings is 2. The largest absolute Gasteiger partial charge is 0.460 e. The first-order chi connectivity index (χ1) is 13.9. The van der Waals surface area contributed by atoms with Crippen LogP contribution in [0.15, 0.2) is 63.9 Å². The van der Waals surface area contributed by atoms with E-state index in [1.807, 2.05) is 38.1 Å². The van der Waals surface area contributed by atoms with Crippen LogP contribution in [0.5, 0.6) is 0 Å². The van der Waals surface area contributed by atoms with E-state index in [-0.39, 0.29) is 23.9 Å². The molecule has 6 nitrogen and oxygen atoms in total. The minimum atomic E-state index is -3.59. The molecule has 0 aliphatic heterocycles. The fourth-order valence-electron chi connectivity index (χ4n) is 2.95. The normalized spacial score (nSPS) is 11.9. The number of hydrogen-bond acceptors (Lipinski definition) is 4. The van der Waals surface area contributed by atoms with Gasteiger partial charge in [0.05, 0.1) is 4.90 Å². The molecule has 7 heteroatoms. The average molecular weight is 413 g/mol. The summed E-state index contributed by atoms with van der Waals surface area (Å²) < 4.78 is 32.7.